The minimum Gasteiger partial charge on any atom is -0.364 e. The van der Waals surface area contributed by atoms with Gasteiger partial charge < -0.3 is 10.6 Å². The standard InChI is InChI=1S/C17H13ClF3N5O2S/c18-13-4-3-10(8-12(13)17(19,20)21)25-16-14(26(27)28)15(23-9-24-16)22-6-5-11-2-1-7-29-11/h1-4,7-9H,5-6H2,(H2,22,23,24,25). The Morgan fingerprint density at radius 2 is 1.97 bits per heavy atom. The van der Waals surface area contributed by atoms with E-state index in [0.29, 0.717) is 13.0 Å². The molecule has 152 valence electrons. The molecule has 0 aliphatic carbocycles. The molecule has 0 aliphatic rings. The molecule has 0 aliphatic heterocycles. The Balaban J connectivity index is 1.85. The van der Waals surface area contributed by atoms with Gasteiger partial charge in [0.15, 0.2) is 0 Å². The first-order valence-electron chi connectivity index (χ1n) is 8.15. The Morgan fingerprint density at radius 1 is 1.21 bits per heavy atom. The average Bonchev–Trinajstić information content (AvgIpc) is 3.16. The van der Waals surface area contributed by atoms with E-state index in [9.17, 15) is 23.3 Å². The highest BCUT2D eigenvalue weighted by Gasteiger charge is 2.33. The maximum atomic E-state index is 13.0. The number of thiophene rings is 1. The highest BCUT2D eigenvalue weighted by Crippen LogP contribution is 2.38. The minimum atomic E-state index is -4.67. The first kappa shape index (κ1) is 20.8. The van der Waals surface area contributed by atoms with Crippen molar-refractivity contribution < 1.29 is 18.1 Å². The number of hydrogen-bond donors (Lipinski definition) is 2. The van der Waals surface area contributed by atoms with Crippen LogP contribution in [0, 0.1) is 10.1 Å². The van der Waals surface area contributed by atoms with Crippen molar-refractivity contribution in [3.8, 4) is 0 Å². The Labute approximate surface area is 171 Å². The molecule has 2 heterocycles. The molecule has 2 aromatic heterocycles. The molecule has 0 bridgehead atoms. The van der Waals surface area contributed by atoms with Crippen molar-refractivity contribution in [3.63, 3.8) is 0 Å². The van der Waals surface area contributed by atoms with E-state index in [1.54, 1.807) is 11.3 Å². The third-order valence-corrected chi connectivity index (χ3v) is 5.05. The second-order valence-electron chi connectivity index (χ2n) is 5.75. The zero-order valence-electron chi connectivity index (χ0n) is 14.5. The van der Waals surface area contributed by atoms with Gasteiger partial charge in [0.05, 0.1) is 15.5 Å². The Morgan fingerprint density at radius 3 is 2.62 bits per heavy atom. The van der Waals surface area contributed by atoms with Crippen LogP contribution < -0.4 is 10.6 Å². The number of benzene rings is 1. The van der Waals surface area contributed by atoms with E-state index in [4.69, 9.17) is 11.6 Å². The molecule has 12 heteroatoms. The van der Waals surface area contributed by atoms with Gasteiger partial charge in [-0.15, -0.1) is 11.3 Å². The summed E-state index contributed by atoms with van der Waals surface area (Å²) in [7, 11) is 0. The lowest BCUT2D eigenvalue weighted by Crippen LogP contribution is -2.11. The van der Waals surface area contributed by atoms with Gasteiger partial charge in [-0.3, -0.25) is 10.1 Å². The van der Waals surface area contributed by atoms with E-state index in [1.807, 2.05) is 17.5 Å². The van der Waals surface area contributed by atoms with Gasteiger partial charge in [0.25, 0.3) is 0 Å². The third kappa shape index (κ3) is 5.12. The van der Waals surface area contributed by atoms with Crippen LogP contribution in [-0.4, -0.2) is 21.4 Å². The summed E-state index contributed by atoms with van der Waals surface area (Å²) in [4.78, 5) is 19.6. The number of nitro groups is 1. The molecule has 0 saturated heterocycles. The number of anilines is 3. The SMILES string of the molecule is O=[N+]([O-])c1c(NCCc2cccs2)ncnc1Nc1ccc(Cl)c(C(F)(F)F)c1. The molecule has 0 unspecified atom stereocenters. The quantitative estimate of drug-likeness (QED) is 0.369. The van der Waals surface area contributed by atoms with Crippen molar-refractivity contribution in [2.75, 3.05) is 17.2 Å². The van der Waals surface area contributed by atoms with E-state index in [-0.39, 0.29) is 17.3 Å². The van der Waals surface area contributed by atoms with Crippen LogP contribution in [0.25, 0.3) is 0 Å². The molecular formula is C17H13ClF3N5O2S. The van der Waals surface area contributed by atoms with Gasteiger partial charge >= 0.3 is 11.9 Å². The normalized spacial score (nSPS) is 11.3. The molecule has 0 spiro atoms. The number of nitrogens with zero attached hydrogens (tertiary/aromatic N) is 3. The Bertz CT molecular complexity index is 1010. The lowest BCUT2D eigenvalue weighted by Gasteiger charge is -2.13. The maximum absolute atomic E-state index is 13.0. The van der Waals surface area contributed by atoms with Crippen LogP contribution in [0.1, 0.15) is 10.4 Å². The van der Waals surface area contributed by atoms with Crippen molar-refractivity contribution >= 4 is 45.9 Å². The van der Waals surface area contributed by atoms with E-state index < -0.39 is 27.4 Å². The topological polar surface area (TPSA) is 93.0 Å². The summed E-state index contributed by atoms with van der Waals surface area (Å²) < 4.78 is 39.1. The molecule has 0 atom stereocenters. The zero-order valence-corrected chi connectivity index (χ0v) is 16.1. The monoisotopic (exact) mass is 443 g/mol. The number of aromatic nitrogens is 2. The van der Waals surface area contributed by atoms with Crippen LogP contribution in [0.3, 0.4) is 0 Å². The van der Waals surface area contributed by atoms with Crippen LogP contribution in [0.5, 0.6) is 0 Å². The van der Waals surface area contributed by atoms with Gasteiger partial charge in [0.1, 0.15) is 6.33 Å². The molecule has 1 aromatic carbocycles. The third-order valence-electron chi connectivity index (χ3n) is 3.78. The van der Waals surface area contributed by atoms with Gasteiger partial charge in [0, 0.05) is 17.1 Å². The van der Waals surface area contributed by atoms with Gasteiger partial charge in [-0.2, -0.15) is 13.2 Å². The average molecular weight is 444 g/mol. The molecule has 3 aromatic rings. The van der Waals surface area contributed by atoms with Crippen LogP contribution >= 0.6 is 22.9 Å². The van der Waals surface area contributed by atoms with E-state index >= 15 is 0 Å². The van der Waals surface area contributed by atoms with Gasteiger partial charge in [-0.25, -0.2) is 9.97 Å². The predicted octanol–water partition coefficient (Wildman–Crippen LogP) is 5.52. The molecule has 0 fully saturated rings. The molecule has 7 nitrogen and oxygen atoms in total. The molecule has 0 radical (unpaired) electrons. The van der Waals surface area contributed by atoms with Gasteiger partial charge in [-0.1, -0.05) is 17.7 Å². The fourth-order valence-electron chi connectivity index (χ4n) is 2.49. The van der Waals surface area contributed by atoms with Crippen molar-refractivity contribution in [2.45, 2.75) is 12.6 Å². The predicted molar refractivity (Wildman–Crippen MR) is 105 cm³/mol. The lowest BCUT2D eigenvalue weighted by molar-refractivity contribution is -0.383. The maximum Gasteiger partial charge on any atom is 0.417 e. The van der Waals surface area contributed by atoms with Crippen LogP contribution in [0.4, 0.5) is 36.2 Å². The highest BCUT2D eigenvalue weighted by molar-refractivity contribution is 7.09. The second kappa shape index (κ2) is 8.62. The first-order valence-corrected chi connectivity index (χ1v) is 9.41. The lowest BCUT2D eigenvalue weighted by atomic mass is 10.2. The Hall–Kier alpha value is -2.92. The Kier molecular flexibility index (Phi) is 6.18. The summed E-state index contributed by atoms with van der Waals surface area (Å²) in [5.41, 5.74) is -1.58. The summed E-state index contributed by atoms with van der Waals surface area (Å²) in [6.45, 7) is 0.386. The van der Waals surface area contributed by atoms with Crippen LogP contribution in [0.2, 0.25) is 5.02 Å². The summed E-state index contributed by atoms with van der Waals surface area (Å²) in [5, 5.41) is 18.4. The van der Waals surface area contributed by atoms with Crippen molar-refractivity contribution in [2.24, 2.45) is 0 Å². The minimum absolute atomic E-state index is 0.0333. The van der Waals surface area contributed by atoms with Crippen molar-refractivity contribution in [1.29, 1.82) is 0 Å². The smallest absolute Gasteiger partial charge is 0.364 e. The van der Waals surface area contributed by atoms with E-state index in [2.05, 4.69) is 20.6 Å². The number of halogens is 4. The fourth-order valence-corrected chi connectivity index (χ4v) is 3.42. The van der Waals surface area contributed by atoms with Crippen molar-refractivity contribution in [1.82, 2.24) is 9.97 Å². The zero-order chi connectivity index (χ0) is 21.0. The largest absolute Gasteiger partial charge is 0.417 e. The number of hydrogen-bond acceptors (Lipinski definition) is 7. The van der Waals surface area contributed by atoms with Crippen LogP contribution in [-0.2, 0) is 12.6 Å². The summed E-state index contributed by atoms with van der Waals surface area (Å²) in [5.74, 6) is -0.270. The fraction of sp³-hybridized carbons (Fsp3) is 0.176. The molecule has 2 N–H and O–H groups in total. The first-order chi connectivity index (χ1) is 13.8. The summed E-state index contributed by atoms with van der Waals surface area (Å²) in [6, 6.07) is 6.92. The highest BCUT2D eigenvalue weighted by atomic mass is 35.5. The molecule has 0 amide bonds. The summed E-state index contributed by atoms with van der Waals surface area (Å²) >= 11 is 7.16. The number of rotatable bonds is 7. The number of nitrogens with one attached hydrogen (secondary N) is 2. The molecule has 29 heavy (non-hydrogen) atoms. The molecule has 3 rings (SSSR count). The molecular weight excluding hydrogens is 431 g/mol. The summed E-state index contributed by atoms with van der Waals surface area (Å²) in [6.07, 6.45) is -2.95. The second-order valence-corrected chi connectivity index (χ2v) is 7.19. The number of alkyl halides is 3. The van der Waals surface area contributed by atoms with Gasteiger partial charge in [0.2, 0.25) is 11.6 Å². The van der Waals surface area contributed by atoms with Gasteiger partial charge in [-0.05, 0) is 36.1 Å². The van der Waals surface area contributed by atoms with E-state index in [0.717, 1.165) is 23.3 Å². The van der Waals surface area contributed by atoms with E-state index in [1.165, 1.54) is 6.07 Å². The van der Waals surface area contributed by atoms with Crippen LogP contribution in [0.15, 0.2) is 42.0 Å². The van der Waals surface area contributed by atoms with Crippen molar-refractivity contribution in [3.05, 3.63) is 67.6 Å². The molecule has 0 saturated carbocycles.